The standard InChI is InChI=1S/C22H24ClN3O4S.C21H23N3O4.C20H20ClN3O4.C17H17N3O2.C16H14ClN3O2/c1-14(2)22(28)30-8-10-31-9-4-5-15-11-19(21(27)20(12-15)29-3)26-24-17-7-6-16(23)13-18(17)25-26;1-13(2)21(26)28-9-5-6-15-11-18(20(25)19(12-15)27-4)24-22-16-8-7-14(3)10-17(16)23-24;1-12(2)20(26)28-8-4-5-13-9-17(19(25)18(10-13)27-3)24-22-15-7-6-14(21)11-16(15)23-24;1-4-5-12-9-15(17(21)16(10-12)22-3)20-18-13-7-6-11(2)8-14(13)19-20;1-3-4-10-7-14(16(21)15(8-10)22-2)20-18-12-6-5-11(17)9-13(12)19-20/h6-7,11-13,27H,1,4-5,8-10H2,2-3H3;7-8,10-12,25H,1,5-6,9H2,2-4H3;6-7,9-11,25H,1,4-5,8H2,2-3H3;4,6-10,21H,1,5H2,2-3H3;3,5-9,21H,1,4H2,2H3. The van der Waals surface area contributed by atoms with Crippen LogP contribution in [0.15, 0.2) is 213 Å². The van der Waals surface area contributed by atoms with E-state index in [0.29, 0.717) is 167 Å². The molecule has 15 aromatic rings. The van der Waals surface area contributed by atoms with E-state index in [0.717, 1.165) is 85.4 Å². The Morgan fingerprint density at radius 2 is 0.580 bits per heavy atom. The van der Waals surface area contributed by atoms with Crippen LogP contribution < -0.4 is 23.7 Å². The highest BCUT2D eigenvalue weighted by Crippen LogP contribution is 2.40. The summed E-state index contributed by atoms with van der Waals surface area (Å²) in [6.45, 7) is 27.9. The molecule has 0 saturated carbocycles. The Labute approximate surface area is 773 Å². The molecule has 5 aromatic heterocycles. The number of phenolic OH excluding ortho intramolecular Hbond substituents is 5. The van der Waals surface area contributed by atoms with Gasteiger partial charge in [-0.15, -0.1) is 88.1 Å². The van der Waals surface area contributed by atoms with E-state index in [-0.39, 0.29) is 47.9 Å². The maximum Gasteiger partial charge on any atom is 0.333 e. The molecule has 0 amide bonds. The van der Waals surface area contributed by atoms with E-state index in [1.165, 1.54) is 59.5 Å². The van der Waals surface area contributed by atoms with Gasteiger partial charge in [-0.05, 0) is 270 Å². The lowest BCUT2D eigenvalue weighted by Gasteiger charge is -2.11. The van der Waals surface area contributed by atoms with E-state index in [2.05, 4.69) is 83.9 Å². The van der Waals surface area contributed by atoms with Crippen LogP contribution >= 0.6 is 46.6 Å². The van der Waals surface area contributed by atoms with Gasteiger partial charge in [0.15, 0.2) is 57.5 Å². The van der Waals surface area contributed by atoms with Gasteiger partial charge < -0.3 is 63.4 Å². The molecular formula is C96H98Cl3N15O16S. The molecule has 35 heteroatoms. The van der Waals surface area contributed by atoms with Crippen molar-refractivity contribution in [1.29, 1.82) is 0 Å². The number of allylic oxidation sites excluding steroid dienone is 2. The second kappa shape index (κ2) is 45.5. The van der Waals surface area contributed by atoms with Gasteiger partial charge in [-0.3, -0.25) is 0 Å². The highest BCUT2D eigenvalue weighted by Gasteiger charge is 2.23. The SMILES string of the molecule is C=C(C)C(=O)OCCCc1cc(OC)c(O)c(-n2nc3ccc(C)cc3n2)c1.C=C(C)C(=O)OCCCc1cc(OC)c(O)c(-n2nc3ccc(Cl)cc3n2)c1.C=C(C)C(=O)OCCSCCCc1cc(OC)c(O)c(-n2nc3ccc(Cl)cc3n2)c1.C=CCc1cc(OC)c(O)c(-n2nc3ccc(C)cc3n2)c1.C=CCc1cc(OC)c(O)c(-n2nc3ccc(Cl)cc3n2)c1. The van der Waals surface area contributed by atoms with Crippen molar-refractivity contribution < 1.29 is 77.8 Å². The number of halogens is 3. The summed E-state index contributed by atoms with van der Waals surface area (Å²) in [7, 11) is 7.51. The van der Waals surface area contributed by atoms with E-state index in [1.807, 2.05) is 74.5 Å². The number of methoxy groups -OCH3 is 5. The number of phenols is 5. The number of carbonyl (C=O) groups is 3. The summed E-state index contributed by atoms with van der Waals surface area (Å²) in [5.41, 5.74) is 17.2. The summed E-state index contributed by atoms with van der Waals surface area (Å²) < 4.78 is 41.7. The van der Waals surface area contributed by atoms with E-state index in [1.54, 1.807) is 136 Å². The molecule has 0 aliphatic heterocycles. The van der Waals surface area contributed by atoms with Gasteiger partial charge >= 0.3 is 17.9 Å². The van der Waals surface area contributed by atoms with Gasteiger partial charge in [-0.1, -0.05) is 78.8 Å². The molecule has 5 N–H and O–H groups in total. The Balaban J connectivity index is 0.000000159. The van der Waals surface area contributed by atoms with Crippen molar-refractivity contribution in [2.24, 2.45) is 0 Å². The molecule has 0 saturated heterocycles. The van der Waals surface area contributed by atoms with Crippen molar-refractivity contribution in [2.45, 2.75) is 86.0 Å². The summed E-state index contributed by atoms with van der Waals surface area (Å²) in [5.74, 6) is 2.15. The smallest absolute Gasteiger partial charge is 0.333 e. The van der Waals surface area contributed by atoms with E-state index < -0.39 is 11.9 Å². The molecule has 0 aliphatic carbocycles. The minimum Gasteiger partial charge on any atom is -0.503 e. The number of ether oxygens (including phenoxy) is 8. The van der Waals surface area contributed by atoms with Gasteiger partial charge in [0, 0.05) is 37.5 Å². The first-order valence-electron chi connectivity index (χ1n) is 40.9. The Kier molecular flexibility index (Phi) is 33.7. The van der Waals surface area contributed by atoms with Gasteiger partial charge in [0.1, 0.15) is 90.2 Å². The monoisotopic (exact) mass is 1850 g/mol. The maximum atomic E-state index is 11.5. The van der Waals surface area contributed by atoms with E-state index in [9.17, 15) is 39.9 Å². The van der Waals surface area contributed by atoms with Crippen molar-refractivity contribution in [3.05, 3.63) is 267 Å². The number of nitrogens with zero attached hydrogens (tertiary/aromatic N) is 15. The highest BCUT2D eigenvalue weighted by molar-refractivity contribution is 7.99. The third-order valence-corrected chi connectivity index (χ3v) is 21.3. The zero-order chi connectivity index (χ0) is 94.3. The molecule has 0 fully saturated rings. The van der Waals surface area contributed by atoms with Crippen molar-refractivity contribution in [3.63, 3.8) is 0 Å². The van der Waals surface area contributed by atoms with Crippen molar-refractivity contribution in [2.75, 3.05) is 66.9 Å². The van der Waals surface area contributed by atoms with Crippen LogP contribution in [-0.4, -0.2) is 185 Å². The van der Waals surface area contributed by atoms with Crippen LogP contribution in [0.1, 0.15) is 79.0 Å². The van der Waals surface area contributed by atoms with E-state index in [4.69, 9.17) is 72.7 Å². The first-order valence-corrected chi connectivity index (χ1v) is 43.2. The molecule has 0 radical (unpaired) electrons. The summed E-state index contributed by atoms with van der Waals surface area (Å²) in [6.07, 6.45) is 9.07. The fourth-order valence-electron chi connectivity index (χ4n) is 13.0. The van der Waals surface area contributed by atoms with Gasteiger partial charge in [0.05, 0.1) is 48.8 Å². The van der Waals surface area contributed by atoms with Gasteiger partial charge in [-0.25, -0.2) is 14.4 Å². The lowest BCUT2D eigenvalue weighted by molar-refractivity contribution is -0.139. The fraction of sp³-hybridized carbons (Fsp3) is 0.240. The average molecular weight is 1860 g/mol. The molecule has 0 unspecified atom stereocenters. The predicted molar refractivity (Wildman–Crippen MR) is 507 cm³/mol. The second-order valence-corrected chi connectivity index (χ2v) is 32.4. The number of aromatic hydroxyl groups is 5. The first kappa shape index (κ1) is 97.1. The lowest BCUT2D eigenvalue weighted by atomic mass is 10.1. The molecule has 131 heavy (non-hydrogen) atoms. The van der Waals surface area contributed by atoms with Crippen molar-refractivity contribution in [1.82, 2.24) is 75.0 Å². The highest BCUT2D eigenvalue weighted by atomic mass is 35.5. The Morgan fingerprint density at radius 1 is 0.336 bits per heavy atom. The minimum absolute atomic E-state index is 0.0123. The molecule has 0 aliphatic rings. The molecule has 5 heterocycles. The third kappa shape index (κ3) is 25.3. The Bertz CT molecular complexity index is 6430. The Morgan fingerprint density at radius 3 is 0.855 bits per heavy atom. The quantitative estimate of drug-likeness (QED) is 0.00859. The third-order valence-electron chi connectivity index (χ3n) is 19.6. The van der Waals surface area contributed by atoms with Crippen LogP contribution in [0.25, 0.3) is 83.6 Å². The first-order chi connectivity index (χ1) is 62.9. The fourth-order valence-corrected chi connectivity index (χ4v) is 14.2. The molecule has 0 bridgehead atoms. The van der Waals surface area contributed by atoms with Crippen LogP contribution in [0.3, 0.4) is 0 Å². The zero-order valence-electron chi connectivity index (χ0n) is 73.8. The number of fused-ring (bicyclic) bond motifs is 5. The normalized spacial score (nSPS) is 10.8. The summed E-state index contributed by atoms with van der Waals surface area (Å²) in [6, 6.07) is 45.3. The summed E-state index contributed by atoms with van der Waals surface area (Å²) in [4.78, 5) is 41.2. The molecule has 31 nitrogen and oxygen atoms in total. The minimum atomic E-state index is -0.407. The summed E-state index contributed by atoms with van der Waals surface area (Å²) in [5, 5.41) is 98.2. The molecule has 0 atom stereocenters. The largest absolute Gasteiger partial charge is 0.503 e. The Hall–Kier alpha value is -14.5. The van der Waals surface area contributed by atoms with Crippen molar-refractivity contribution in [3.8, 4) is 85.9 Å². The molecule has 15 rings (SSSR count). The zero-order valence-corrected chi connectivity index (χ0v) is 76.9. The number of aryl methyl sites for hydroxylation is 5. The molecule has 680 valence electrons. The van der Waals surface area contributed by atoms with Crippen molar-refractivity contribution >= 4 is 120 Å². The topological polar surface area (TPSA) is 380 Å². The van der Waals surface area contributed by atoms with Crippen LogP contribution in [0.4, 0.5) is 0 Å². The number of rotatable bonds is 32. The summed E-state index contributed by atoms with van der Waals surface area (Å²) >= 11 is 19.7. The number of benzene rings is 10. The number of aromatic nitrogens is 15. The second-order valence-electron chi connectivity index (χ2n) is 29.8. The number of hydrogen-bond acceptors (Lipinski definition) is 27. The lowest BCUT2D eigenvalue weighted by Crippen LogP contribution is -2.07. The van der Waals surface area contributed by atoms with Gasteiger partial charge in [-0.2, -0.15) is 11.8 Å². The van der Waals surface area contributed by atoms with Crippen LogP contribution in [0.5, 0.6) is 57.5 Å². The maximum absolute atomic E-state index is 11.5. The van der Waals surface area contributed by atoms with E-state index >= 15 is 0 Å². The number of hydrogen-bond donors (Lipinski definition) is 5. The predicted octanol–water partition coefficient (Wildman–Crippen LogP) is 18.6. The molecular weight excluding hydrogens is 1760 g/mol. The van der Waals surface area contributed by atoms with Gasteiger partial charge in [0.25, 0.3) is 0 Å². The van der Waals surface area contributed by atoms with Crippen LogP contribution in [0.2, 0.25) is 15.1 Å². The number of esters is 3. The van der Waals surface area contributed by atoms with Gasteiger partial charge in [0.2, 0.25) is 0 Å². The average Bonchev–Trinajstić information content (AvgIpc) is 1.69. The van der Waals surface area contributed by atoms with Crippen LogP contribution in [-0.2, 0) is 60.7 Å². The molecule has 0 spiro atoms. The van der Waals surface area contributed by atoms with Crippen LogP contribution in [0, 0.1) is 13.8 Å². The number of carbonyl (C=O) groups excluding carboxylic acids is 3. The number of thioether (sulfide) groups is 1. The molecule has 10 aromatic carbocycles.